The summed E-state index contributed by atoms with van der Waals surface area (Å²) in [6, 6.07) is 0. The number of nitrogens with zero attached hydrogens (tertiary/aromatic N) is 1. The number of rotatable bonds is 6. The van der Waals surface area contributed by atoms with Gasteiger partial charge in [-0.05, 0) is 38.8 Å². The molecular weight excluding hydrogens is 208 g/mol. The quantitative estimate of drug-likeness (QED) is 0.587. The van der Waals surface area contributed by atoms with E-state index in [0.717, 1.165) is 39.0 Å². The van der Waals surface area contributed by atoms with Crippen molar-refractivity contribution in [2.24, 2.45) is 5.92 Å². The largest absolute Gasteiger partial charge is 0.480 e. The van der Waals surface area contributed by atoms with Crippen molar-refractivity contribution < 1.29 is 15.0 Å². The Labute approximate surface area is 96.4 Å². The molecule has 0 amide bonds. The van der Waals surface area contributed by atoms with E-state index >= 15 is 0 Å². The highest BCUT2D eigenvalue weighted by Gasteiger charge is 2.20. The molecule has 2 atom stereocenters. The van der Waals surface area contributed by atoms with Crippen molar-refractivity contribution in [1.82, 2.24) is 10.2 Å². The van der Waals surface area contributed by atoms with Crippen LogP contribution in [-0.2, 0) is 4.79 Å². The van der Waals surface area contributed by atoms with Gasteiger partial charge in [0.05, 0.1) is 12.6 Å². The van der Waals surface area contributed by atoms with E-state index in [0.29, 0.717) is 5.92 Å². The maximum absolute atomic E-state index is 10.3. The smallest absolute Gasteiger partial charge is 0.317 e. The van der Waals surface area contributed by atoms with Crippen LogP contribution in [0.1, 0.15) is 19.8 Å². The molecule has 1 fully saturated rings. The zero-order chi connectivity index (χ0) is 12.0. The van der Waals surface area contributed by atoms with Crippen LogP contribution < -0.4 is 5.32 Å². The van der Waals surface area contributed by atoms with E-state index in [1.807, 2.05) is 0 Å². The molecule has 1 unspecified atom stereocenters. The molecule has 94 valence electrons. The first-order valence-electron chi connectivity index (χ1n) is 5.91. The number of nitrogens with one attached hydrogen (secondary N) is 1. The second kappa shape index (κ2) is 6.83. The summed E-state index contributed by atoms with van der Waals surface area (Å²) in [6.45, 7) is 5.30. The first kappa shape index (κ1) is 13.4. The van der Waals surface area contributed by atoms with E-state index in [1.165, 1.54) is 0 Å². The van der Waals surface area contributed by atoms with Gasteiger partial charge in [-0.1, -0.05) is 0 Å². The second-order valence-corrected chi connectivity index (χ2v) is 4.64. The van der Waals surface area contributed by atoms with Crippen LogP contribution in [0.15, 0.2) is 0 Å². The standard InChI is InChI=1S/C11H22N2O3/c1-9(14)7-13-4-2-3-10(8-13)5-12-6-11(15)16/h9-10,12,14H,2-8H2,1H3,(H,15,16)/t9-,10?/m0/s1. The van der Waals surface area contributed by atoms with Gasteiger partial charge in [-0.3, -0.25) is 4.79 Å². The SMILES string of the molecule is C[C@H](O)CN1CCCC(CNCC(=O)O)C1. The maximum atomic E-state index is 10.3. The highest BCUT2D eigenvalue weighted by atomic mass is 16.4. The third kappa shape index (κ3) is 5.44. The lowest BCUT2D eigenvalue weighted by Gasteiger charge is -2.33. The summed E-state index contributed by atoms with van der Waals surface area (Å²) in [4.78, 5) is 12.6. The molecule has 1 saturated heterocycles. The highest BCUT2D eigenvalue weighted by molar-refractivity contribution is 5.68. The predicted molar refractivity (Wildman–Crippen MR) is 61.4 cm³/mol. The number of carboxylic acids is 1. The predicted octanol–water partition coefficient (Wildman–Crippen LogP) is -0.247. The van der Waals surface area contributed by atoms with Crippen LogP contribution >= 0.6 is 0 Å². The monoisotopic (exact) mass is 230 g/mol. The minimum absolute atomic E-state index is 0.0346. The Bertz CT molecular complexity index is 221. The van der Waals surface area contributed by atoms with Crippen LogP contribution in [0.25, 0.3) is 0 Å². The molecule has 0 spiro atoms. The van der Waals surface area contributed by atoms with Crippen LogP contribution in [0, 0.1) is 5.92 Å². The van der Waals surface area contributed by atoms with Gasteiger partial charge < -0.3 is 20.4 Å². The van der Waals surface area contributed by atoms with Crippen molar-refractivity contribution in [3.05, 3.63) is 0 Å². The number of carboxylic acid groups (broad SMARTS) is 1. The van der Waals surface area contributed by atoms with Crippen molar-refractivity contribution >= 4 is 5.97 Å². The normalized spacial score (nSPS) is 24.2. The third-order valence-corrected chi connectivity index (χ3v) is 2.83. The number of carbonyl (C=O) groups is 1. The number of likely N-dealkylation sites (tertiary alicyclic amines) is 1. The fraction of sp³-hybridized carbons (Fsp3) is 0.909. The summed E-state index contributed by atoms with van der Waals surface area (Å²) in [5.41, 5.74) is 0. The molecule has 0 aromatic heterocycles. The van der Waals surface area contributed by atoms with Gasteiger partial charge in [0.25, 0.3) is 0 Å². The van der Waals surface area contributed by atoms with Crippen LogP contribution in [-0.4, -0.2) is 59.9 Å². The van der Waals surface area contributed by atoms with Gasteiger partial charge in [0, 0.05) is 13.1 Å². The Balaban J connectivity index is 2.19. The number of aliphatic hydroxyl groups excluding tert-OH is 1. The van der Waals surface area contributed by atoms with Gasteiger partial charge >= 0.3 is 5.97 Å². The molecule has 0 aromatic carbocycles. The molecule has 1 rings (SSSR count). The molecule has 5 heteroatoms. The molecule has 1 aliphatic rings. The fourth-order valence-electron chi connectivity index (χ4n) is 2.24. The first-order valence-corrected chi connectivity index (χ1v) is 5.91. The summed E-state index contributed by atoms with van der Waals surface area (Å²) < 4.78 is 0. The molecule has 0 saturated carbocycles. The van der Waals surface area contributed by atoms with E-state index < -0.39 is 5.97 Å². The average Bonchev–Trinajstić information content (AvgIpc) is 2.16. The summed E-state index contributed by atoms with van der Waals surface area (Å²) in [7, 11) is 0. The summed E-state index contributed by atoms with van der Waals surface area (Å²) in [6.07, 6.45) is 1.99. The Morgan fingerprint density at radius 3 is 3.00 bits per heavy atom. The van der Waals surface area contributed by atoms with Gasteiger partial charge in [0.15, 0.2) is 0 Å². The number of β-amino-alcohol motifs (C(OH)–C–C–N with tert-alkyl or cyclic N) is 1. The van der Waals surface area contributed by atoms with Gasteiger partial charge in [0.2, 0.25) is 0 Å². The molecule has 3 N–H and O–H groups in total. The van der Waals surface area contributed by atoms with E-state index in [9.17, 15) is 9.90 Å². The van der Waals surface area contributed by atoms with E-state index in [1.54, 1.807) is 6.92 Å². The fourth-order valence-corrected chi connectivity index (χ4v) is 2.24. The Kier molecular flexibility index (Phi) is 5.73. The van der Waals surface area contributed by atoms with Crippen molar-refractivity contribution in [1.29, 1.82) is 0 Å². The third-order valence-electron chi connectivity index (χ3n) is 2.83. The van der Waals surface area contributed by atoms with Crippen molar-refractivity contribution in [3.63, 3.8) is 0 Å². The molecule has 0 radical (unpaired) electrons. The van der Waals surface area contributed by atoms with Crippen LogP contribution in [0.5, 0.6) is 0 Å². The molecule has 1 heterocycles. The lowest BCUT2D eigenvalue weighted by Crippen LogP contribution is -2.43. The second-order valence-electron chi connectivity index (χ2n) is 4.64. The van der Waals surface area contributed by atoms with Crippen LogP contribution in [0.4, 0.5) is 0 Å². The summed E-state index contributed by atoms with van der Waals surface area (Å²) in [5.74, 6) is -0.302. The van der Waals surface area contributed by atoms with Crippen molar-refractivity contribution in [3.8, 4) is 0 Å². The molecule has 0 bridgehead atoms. The topological polar surface area (TPSA) is 72.8 Å². The summed E-state index contributed by atoms with van der Waals surface area (Å²) >= 11 is 0. The molecular formula is C11H22N2O3. The molecule has 5 nitrogen and oxygen atoms in total. The molecule has 0 aromatic rings. The number of aliphatic carboxylic acids is 1. The number of hydrogen-bond acceptors (Lipinski definition) is 4. The van der Waals surface area contributed by atoms with E-state index in [2.05, 4.69) is 10.2 Å². The zero-order valence-electron chi connectivity index (χ0n) is 9.85. The van der Waals surface area contributed by atoms with Gasteiger partial charge in [0.1, 0.15) is 0 Å². The number of aliphatic hydroxyl groups is 1. The minimum Gasteiger partial charge on any atom is -0.480 e. The lowest BCUT2D eigenvalue weighted by molar-refractivity contribution is -0.136. The van der Waals surface area contributed by atoms with E-state index in [4.69, 9.17) is 5.11 Å². The number of hydrogen-bond donors (Lipinski definition) is 3. The Morgan fingerprint density at radius 2 is 2.38 bits per heavy atom. The molecule has 1 aliphatic heterocycles. The van der Waals surface area contributed by atoms with Crippen LogP contribution in [0.3, 0.4) is 0 Å². The molecule has 0 aliphatic carbocycles. The maximum Gasteiger partial charge on any atom is 0.317 e. The Hall–Kier alpha value is -0.650. The lowest BCUT2D eigenvalue weighted by atomic mass is 9.98. The average molecular weight is 230 g/mol. The highest BCUT2D eigenvalue weighted by Crippen LogP contribution is 2.15. The number of piperidine rings is 1. The van der Waals surface area contributed by atoms with Gasteiger partial charge in [-0.25, -0.2) is 0 Å². The van der Waals surface area contributed by atoms with Gasteiger partial charge in [-0.2, -0.15) is 0 Å². The van der Waals surface area contributed by atoms with Gasteiger partial charge in [-0.15, -0.1) is 0 Å². The summed E-state index contributed by atoms with van der Waals surface area (Å²) in [5, 5.41) is 20.8. The first-order chi connectivity index (χ1) is 7.58. The van der Waals surface area contributed by atoms with Crippen molar-refractivity contribution in [2.45, 2.75) is 25.9 Å². The minimum atomic E-state index is -0.809. The van der Waals surface area contributed by atoms with E-state index in [-0.39, 0.29) is 12.6 Å². The zero-order valence-corrected chi connectivity index (χ0v) is 9.85. The van der Waals surface area contributed by atoms with Crippen molar-refractivity contribution in [2.75, 3.05) is 32.7 Å². The van der Waals surface area contributed by atoms with Crippen LogP contribution in [0.2, 0.25) is 0 Å². The molecule has 16 heavy (non-hydrogen) atoms. The Morgan fingerprint density at radius 1 is 1.62 bits per heavy atom.